The molecule has 20 heavy (non-hydrogen) atoms. The van der Waals surface area contributed by atoms with Crippen molar-refractivity contribution < 1.29 is 9.13 Å². The smallest absolute Gasteiger partial charge is 0.126 e. The fraction of sp³-hybridized carbons (Fsp3) is 0.625. The van der Waals surface area contributed by atoms with Gasteiger partial charge in [-0.25, -0.2) is 4.39 Å². The first-order valence-electron chi connectivity index (χ1n) is 7.37. The van der Waals surface area contributed by atoms with Crippen molar-refractivity contribution in [2.75, 3.05) is 18.1 Å². The van der Waals surface area contributed by atoms with E-state index in [2.05, 4.69) is 18.7 Å². The normalized spacial score (nSPS) is 24.8. The Hall–Kier alpha value is -1.13. The number of nitrogens with zero attached hydrogens (tertiary/aromatic N) is 1. The molecule has 1 fully saturated rings. The van der Waals surface area contributed by atoms with Crippen LogP contribution in [0.5, 0.6) is 0 Å². The largest absolute Gasteiger partial charge is 0.375 e. The van der Waals surface area contributed by atoms with Gasteiger partial charge in [-0.05, 0) is 50.5 Å². The summed E-state index contributed by atoms with van der Waals surface area (Å²) >= 11 is 0. The fourth-order valence-electron chi connectivity index (χ4n) is 2.77. The van der Waals surface area contributed by atoms with E-state index in [0.717, 1.165) is 24.2 Å². The summed E-state index contributed by atoms with van der Waals surface area (Å²) in [5.74, 6) is -0.185. The maximum Gasteiger partial charge on any atom is 0.126 e. The molecule has 1 saturated heterocycles. The quantitative estimate of drug-likeness (QED) is 0.924. The van der Waals surface area contributed by atoms with Crippen LogP contribution in [0.25, 0.3) is 0 Å². The molecule has 0 radical (unpaired) electrons. The van der Waals surface area contributed by atoms with Crippen LogP contribution in [0.15, 0.2) is 12.1 Å². The first-order chi connectivity index (χ1) is 9.43. The van der Waals surface area contributed by atoms with Gasteiger partial charge in [-0.2, -0.15) is 0 Å². The Morgan fingerprint density at radius 3 is 2.80 bits per heavy atom. The monoisotopic (exact) mass is 280 g/mol. The Bertz CT molecular complexity index is 476. The minimum atomic E-state index is -0.185. The lowest BCUT2D eigenvalue weighted by Gasteiger charge is -2.41. The Morgan fingerprint density at radius 2 is 2.20 bits per heavy atom. The van der Waals surface area contributed by atoms with Gasteiger partial charge in [0.25, 0.3) is 0 Å². The average molecular weight is 280 g/mol. The molecule has 0 amide bonds. The van der Waals surface area contributed by atoms with Crippen LogP contribution in [0.2, 0.25) is 0 Å². The van der Waals surface area contributed by atoms with Gasteiger partial charge in [0, 0.05) is 18.3 Å². The summed E-state index contributed by atoms with van der Waals surface area (Å²) in [6, 6.07) is 3.65. The van der Waals surface area contributed by atoms with Crippen LogP contribution in [0.1, 0.15) is 44.4 Å². The minimum Gasteiger partial charge on any atom is -0.375 e. The summed E-state index contributed by atoms with van der Waals surface area (Å²) < 4.78 is 19.6. The van der Waals surface area contributed by atoms with Crippen molar-refractivity contribution in [3.05, 3.63) is 29.1 Å². The molecule has 3 atom stereocenters. The zero-order valence-corrected chi connectivity index (χ0v) is 12.8. The molecular weight excluding hydrogens is 255 g/mol. The van der Waals surface area contributed by atoms with E-state index in [0.29, 0.717) is 18.2 Å². The number of rotatable bonds is 3. The molecule has 1 heterocycles. The molecule has 3 nitrogen and oxygen atoms in total. The number of nitrogens with two attached hydrogens (primary N) is 1. The van der Waals surface area contributed by atoms with Crippen molar-refractivity contribution in [1.82, 2.24) is 0 Å². The van der Waals surface area contributed by atoms with Gasteiger partial charge in [-0.15, -0.1) is 0 Å². The van der Waals surface area contributed by atoms with Crippen LogP contribution in [0, 0.1) is 12.7 Å². The zero-order valence-electron chi connectivity index (χ0n) is 12.8. The molecule has 112 valence electrons. The summed E-state index contributed by atoms with van der Waals surface area (Å²) in [5, 5.41) is 0. The highest BCUT2D eigenvalue weighted by molar-refractivity contribution is 5.58. The Labute approximate surface area is 120 Å². The molecule has 1 aliphatic heterocycles. The van der Waals surface area contributed by atoms with E-state index in [4.69, 9.17) is 10.5 Å². The maximum atomic E-state index is 13.8. The predicted octanol–water partition coefficient (Wildman–Crippen LogP) is 3.16. The third kappa shape index (κ3) is 2.96. The molecule has 0 aliphatic carbocycles. The lowest BCUT2D eigenvalue weighted by atomic mass is 10.00. The molecular formula is C16H25FN2O. The van der Waals surface area contributed by atoms with Crippen LogP contribution >= 0.6 is 0 Å². The van der Waals surface area contributed by atoms with E-state index < -0.39 is 0 Å². The van der Waals surface area contributed by atoms with Crippen LogP contribution in [0.3, 0.4) is 0 Å². The van der Waals surface area contributed by atoms with Crippen molar-refractivity contribution >= 4 is 5.69 Å². The number of ether oxygens (including phenoxy) is 1. The van der Waals surface area contributed by atoms with Crippen molar-refractivity contribution in [3.63, 3.8) is 0 Å². The number of aryl methyl sites for hydroxylation is 1. The summed E-state index contributed by atoms with van der Waals surface area (Å²) in [7, 11) is 0. The van der Waals surface area contributed by atoms with Gasteiger partial charge in [0.05, 0.1) is 18.8 Å². The Balaban J connectivity index is 2.45. The molecule has 0 saturated carbocycles. The van der Waals surface area contributed by atoms with E-state index in [-0.39, 0.29) is 18.0 Å². The molecule has 0 aromatic heterocycles. The first-order valence-corrected chi connectivity index (χ1v) is 7.37. The van der Waals surface area contributed by atoms with Gasteiger partial charge in [-0.1, -0.05) is 6.92 Å². The standard InChI is InChI=1S/C16H25FN2O/c1-5-13-9-20-11(3)8-19(13)16-6-10(2)15(17)7-14(16)12(4)18/h6-7,11-13H,5,8-9,18H2,1-4H3. The third-order valence-corrected chi connectivity index (χ3v) is 4.05. The first kappa shape index (κ1) is 15.3. The Morgan fingerprint density at radius 1 is 1.50 bits per heavy atom. The number of halogens is 1. The van der Waals surface area contributed by atoms with Gasteiger partial charge in [-0.3, -0.25) is 0 Å². The second kappa shape index (κ2) is 6.10. The van der Waals surface area contributed by atoms with E-state index in [1.165, 1.54) is 0 Å². The number of hydrogen-bond acceptors (Lipinski definition) is 3. The maximum absolute atomic E-state index is 13.8. The van der Waals surface area contributed by atoms with E-state index in [1.807, 2.05) is 13.0 Å². The molecule has 4 heteroatoms. The number of anilines is 1. The SMILES string of the molecule is CCC1COC(C)CN1c1cc(C)c(F)cc1C(C)N. The summed E-state index contributed by atoms with van der Waals surface area (Å²) in [6.45, 7) is 9.46. The summed E-state index contributed by atoms with van der Waals surface area (Å²) in [4.78, 5) is 2.33. The Kier molecular flexibility index (Phi) is 4.66. The lowest BCUT2D eigenvalue weighted by Crippen LogP contribution is -2.49. The second-order valence-electron chi connectivity index (χ2n) is 5.81. The molecule has 2 N–H and O–H groups in total. The van der Waals surface area contributed by atoms with Gasteiger partial charge < -0.3 is 15.4 Å². The minimum absolute atomic E-state index is 0.184. The molecule has 1 aromatic rings. The van der Waals surface area contributed by atoms with Crippen LogP contribution in [0.4, 0.5) is 10.1 Å². The molecule has 0 bridgehead atoms. The van der Waals surface area contributed by atoms with Gasteiger partial charge >= 0.3 is 0 Å². The molecule has 1 aromatic carbocycles. The highest BCUT2D eigenvalue weighted by atomic mass is 19.1. The van der Waals surface area contributed by atoms with Gasteiger partial charge in [0.1, 0.15) is 5.82 Å². The number of morpholine rings is 1. The van der Waals surface area contributed by atoms with E-state index in [1.54, 1.807) is 13.0 Å². The van der Waals surface area contributed by atoms with E-state index in [9.17, 15) is 4.39 Å². The van der Waals surface area contributed by atoms with Gasteiger partial charge in [0.2, 0.25) is 0 Å². The average Bonchev–Trinajstić information content (AvgIpc) is 2.41. The van der Waals surface area contributed by atoms with Crippen molar-refractivity contribution in [2.45, 2.75) is 52.3 Å². The van der Waals surface area contributed by atoms with Crippen LogP contribution in [-0.2, 0) is 4.74 Å². The highest BCUT2D eigenvalue weighted by Crippen LogP contribution is 2.32. The summed E-state index contributed by atoms with van der Waals surface area (Å²) in [5.41, 5.74) is 8.63. The van der Waals surface area contributed by atoms with E-state index >= 15 is 0 Å². The fourth-order valence-corrected chi connectivity index (χ4v) is 2.77. The highest BCUT2D eigenvalue weighted by Gasteiger charge is 2.28. The summed E-state index contributed by atoms with van der Waals surface area (Å²) in [6.07, 6.45) is 1.19. The third-order valence-electron chi connectivity index (χ3n) is 4.05. The number of benzene rings is 1. The van der Waals surface area contributed by atoms with Crippen LogP contribution in [-0.4, -0.2) is 25.3 Å². The molecule has 2 rings (SSSR count). The van der Waals surface area contributed by atoms with Gasteiger partial charge in [0.15, 0.2) is 0 Å². The predicted molar refractivity (Wildman–Crippen MR) is 80.6 cm³/mol. The van der Waals surface area contributed by atoms with Crippen molar-refractivity contribution in [1.29, 1.82) is 0 Å². The van der Waals surface area contributed by atoms with Crippen molar-refractivity contribution in [2.24, 2.45) is 5.73 Å². The zero-order chi connectivity index (χ0) is 14.9. The molecule has 3 unspecified atom stereocenters. The van der Waals surface area contributed by atoms with Crippen LogP contribution < -0.4 is 10.6 Å². The second-order valence-corrected chi connectivity index (χ2v) is 5.81. The topological polar surface area (TPSA) is 38.5 Å². The van der Waals surface area contributed by atoms with Crippen molar-refractivity contribution in [3.8, 4) is 0 Å². The molecule has 1 aliphatic rings. The molecule has 0 spiro atoms. The lowest BCUT2D eigenvalue weighted by molar-refractivity contribution is 0.0298. The number of hydrogen-bond donors (Lipinski definition) is 1.